The number of hydrogen-bond acceptors (Lipinski definition) is 2. The predicted octanol–water partition coefficient (Wildman–Crippen LogP) is 14.7. The number of allylic oxidation sites excluding steroid dienone is 1. The van der Waals surface area contributed by atoms with Crippen molar-refractivity contribution in [2.45, 2.75) is 12.8 Å². The Morgan fingerprint density at radius 2 is 1.00 bits per heavy atom. The lowest BCUT2D eigenvalue weighted by atomic mass is 9.94. The van der Waals surface area contributed by atoms with Crippen molar-refractivity contribution < 1.29 is 4.42 Å². The monoisotopic (exact) mass is 691 g/mol. The lowest BCUT2D eigenvalue weighted by Crippen LogP contribution is -2.11. The maximum atomic E-state index is 6.53. The molecule has 1 aliphatic rings. The van der Waals surface area contributed by atoms with Gasteiger partial charge < -0.3 is 9.32 Å². The average Bonchev–Trinajstić information content (AvgIpc) is 3.64. The molecule has 0 fully saturated rings. The van der Waals surface area contributed by atoms with Crippen molar-refractivity contribution in [1.82, 2.24) is 0 Å². The molecule has 0 saturated carbocycles. The zero-order valence-corrected chi connectivity index (χ0v) is 29.8. The van der Waals surface area contributed by atoms with Gasteiger partial charge in [0, 0.05) is 39.9 Å². The zero-order chi connectivity index (χ0) is 35.8. The van der Waals surface area contributed by atoms with Gasteiger partial charge in [-0.15, -0.1) is 0 Å². The van der Waals surface area contributed by atoms with Crippen LogP contribution in [0.1, 0.15) is 17.7 Å². The number of nitrogens with zero attached hydrogens (tertiary/aromatic N) is 1. The summed E-state index contributed by atoms with van der Waals surface area (Å²) in [7, 11) is 0. The van der Waals surface area contributed by atoms with Gasteiger partial charge in [0.2, 0.25) is 0 Å². The summed E-state index contributed by atoms with van der Waals surface area (Å²) >= 11 is 0. The summed E-state index contributed by atoms with van der Waals surface area (Å²) in [5, 5.41) is 3.65. The molecule has 2 nitrogen and oxygen atoms in total. The van der Waals surface area contributed by atoms with E-state index in [1.165, 1.54) is 49.5 Å². The maximum absolute atomic E-state index is 6.53. The van der Waals surface area contributed by atoms with Gasteiger partial charge in [-0.05, 0) is 80.9 Å². The van der Waals surface area contributed by atoms with Crippen molar-refractivity contribution >= 4 is 44.9 Å². The van der Waals surface area contributed by atoms with Gasteiger partial charge in [0.05, 0.1) is 5.69 Å². The van der Waals surface area contributed by atoms with E-state index in [0.717, 1.165) is 57.9 Å². The highest BCUT2D eigenvalue weighted by atomic mass is 16.3. The molecule has 2 heteroatoms. The quantitative estimate of drug-likeness (QED) is 0.165. The molecule has 0 amide bonds. The minimum Gasteiger partial charge on any atom is -0.460 e. The van der Waals surface area contributed by atoms with Gasteiger partial charge in [-0.1, -0.05) is 170 Å². The number of furan rings is 1. The predicted molar refractivity (Wildman–Crippen MR) is 228 cm³/mol. The van der Waals surface area contributed by atoms with Crippen LogP contribution in [0.4, 0.5) is 17.1 Å². The van der Waals surface area contributed by atoms with Gasteiger partial charge in [-0.3, -0.25) is 0 Å². The Kier molecular flexibility index (Phi) is 8.00. The van der Waals surface area contributed by atoms with Crippen molar-refractivity contribution in [2.24, 2.45) is 0 Å². The molecule has 1 heterocycles. The number of fused-ring (bicyclic) bond motifs is 4. The molecule has 0 bridgehead atoms. The van der Waals surface area contributed by atoms with Crippen LogP contribution in [0.2, 0.25) is 0 Å². The lowest BCUT2D eigenvalue weighted by molar-refractivity contribution is 0.547. The topological polar surface area (TPSA) is 16.4 Å². The van der Waals surface area contributed by atoms with Crippen LogP contribution in [0.25, 0.3) is 72.3 Å². The second-order valence-electron chi connectivity index (χ2n) is 14.0. The van der Waals surface area contributed by atoms with Crippen molar-refractivity contribution in [3.05, 3.63) is 205 Å². The van der Waals surface area contributed by atoms with E-state index in [1.807, 2.05) is 0 Å². The smallest absolute Gasteiger partial charge is 0.142 e. The summed E-state index contributed by atoms with van der Waals surface area (Å²) in [6.07, 6.45) is 6.43. The third-order valence-corrected chi connectivity index (χ3v) is 10.7. The van der Waals surface area contributed by atoms with E-state index in [-0.39, 0.29) is 0 Å². The summed E-state index contributed by atoms with van der Waals surface area (Å²) in [5.74, 6) is 1.08. The molecule has 1 aromatic heterocycles. The zero-order valence-electron chi connectivity index (χ0n) is 29.8. The first-order valence-electron chi connectivity index (χ1n) is 18.7. The second kappa shape index (κ2) is 13.6. The summed E-state index contributed by atoms with van der Waals surface area (Å²) in [4.78, 5) is 2.41. The lowest BCUT2D eigenvalue weighted by Gasteiger charge is -2.29. The first kappa shape index (κ1) is 31.8. The molecule has 1 aliphatic carbocycles. The minimum atomic E-state index is 0.943. The van der Waals surface area contributed by atoms with E-state index in [9.17, 15) is 0 Å². The fourth-order valence-corrected chi connectivity index (χ4v) is 8.07. The maximum Gasteiger partial charge on any atom is 0.142 e. The van der Waals surface area contributed by atoms with Gasteiger partial charge in [0.1, 0.15) is 11.3 Å². The number of hydrogen-bond donors (Lipinski definition) is 0. The number of rotatable bonds is 7. The SMILES string of the molecule is C1=Cc2c(oc3c(-c4ccc(N(c5ccc(-c6ccccc6)cc5)c5cc(-c6cccc7ccccc67)ccc5-c5ccccc5)cc4)cccc23)CC1. The van der Waals surface area contributed by atoms with Gasteiger partial charge in [0.25, 0.3) is 0 Å². The third-order valence-electron chi connectivity index (χ3n) is 10.7. The first-order chi connectivity index (χ1) is 26.8. The Morgan fingerprint density at radius 1 is 0.426 bits per heavy atom. The van der Waals surface area contributed by atoms with Gasteiger partial charge in [-0.2, -0.15) is 0 Å². The molecular weight excluding hydrogens is 655 g/mol. The van der Waals surface area contributed by atoms with E-state index in [2.05, 4.69) is 205 Å². The molecular formula is C52H37NO. The number of aryl methyl sites for hydroxylation is 1. The molecule has 0 spiro atoms. The van der Waals surface area contributed by atoms with E-state index >= 15 is 0 Å². The molecule has 0 radical (unpaired) electrons. The largest absolute Gasteiger partial charge is 0.460 e. The summed E-state index contributed by atoms with van der Waals surface area (Å²) in [6.45, 7) is 0. The molecule has 0 atom stereocenters. The van der Waals surface area contributed by atoms with Crippen molar-refractivity contribution in [3.8, 4) is 44.5 Å². The molecule has 0 saturated heterocycles. The summed E-state index contributed by atoms with van der Waals surface area (Å²) in [6, 6.07) is 67.9. The fourth-order valence-electron chi connectivity index (χ4n) is 8.07. The Labute approximate surface area is 315 Å². The molecule has 0 aliphatic heterocycles. The molecule has 8 aromatic carbocycles. The Hall–Kier alpha value is -6.90. The number of para-hydroxylation sites is 1. The van der Waals surface area contributed by atoms with Gasteiger partial charge >= 0.3 is 0 Å². The van der Waals surface area contributed by atoms with E-state index in [4.69, 9.17) is 4.42 Å². The van der Waals surface area contributed by atoms with Crippen LogP contribution in [0.15, 0.2) is 199 Å². The Morgan fingerprint density at radius 3 is 1.78 bits per heavy atom. The second-order valence-corrected chi connectivity index (χ2v) is 14.0. The Bertz CT molecular complexity index is 2790. The first-order valence-corrected chi connectivity index (χ1v) is 18.7. The standard InChI is InChI=1S/C52H37NO/c1-3-13-36(14-4-1)37-25-30-42(31-26-37)53(43-32-27-40(28-33-43)47-22-12-23-49-48-20-9-10-24-51(48)54-52(47)49)50-35-41(29-34-46(50)39-15-5-2-6-16-39)45-21-11-18-38-17-7-8-19-44(38)45/h1-9,11-23,25-35H,10,24H2. The molecule has 54 heavy (non-hydrogen) atoms. The van der Waals surface area contributed by atoms with Crippen molar-refractivity contribution in [1.29, 1.82) is 0 Å². The highest BCUT2D eigenvalue weighted by Crippen LogP contribution is 2.45. The molecule has 9 aromatic rings. The van der Waals surface area contributed by atoms with E-state index in [0.29, 0.717) is 0 Å². The highest BCUT2D eigenvalue weighted by molar-refractivity contribution is 6.01. The van der Waals surface area contributed by atoms with Crippen molar-refractivity contribution in [2.75, 3.05) is 4.90 Å². The highest BCUT2D eigenvalue weighted by Gasteiger charge is 2.21. The summed E-state index contributed by atoms with van der Waals surface area (Å²) < 4.78 is 6.53. The van der Waals surface area contributed by atoms with Crippen LogP contribution < -0.4 is 4.90 Å². The number of anilines is 3. The normalized spacial score (nSPS) is 12.2. The fraction of sp³-hybridized carbons (Fsp3) is 0.0385. The van der Waals surface area contributed by atoms with Crippen LogP contribution in [0.5, 0.6) is 0 Å². The van der Waals surface area contributed by atoms with Crippen LogP contribution in [0.3, 0.4) is 0 Å². The molecule has 10 rings (SSSR count). The third kappa shape index (κ3) is 5.70. The van der Waals surface area contributed by atoms with Crippen LogP contribution in [0, 0.1) is 0 Å². The minimum absolute atomic E-state index is 0.943. The molecule has 0 unspecified atom stereocenters. The van der Waals surface area contributed by atoms with Crippen molar-refractivity contribution in [3.63, 3.8) is 0 Å². The molecule has 256 valence electrons. The number of benzene rings is 8. The summed E-state index contributed by atoms with van der Waals surface area (Å²) in [5.41, 5.74) is 14.8. The van der Waals surface area contributed by atoms with E-state index < -0.39 is 0 Å². The average molecular weight is 692 g/mol. The van der Waals surface area contributed by atoms with Gasteiger partial charge in [-0.25, -0.2) is 0 Å². The van der Waals surface area contributed by atoms with Crippen LogP contribution in [-0.2, 0) is 6.42 Å². The van der Waals surface area contributed by atoms with E-state index in [1.54, 1.807) is 0 Å². The Balaban J connectivity index is 1.16. The van der Waals surface area contributed by atoms with Crippen LogP contribution >= 0.6 is 0 Å². The van der Waals surface area contributed by atoms with Gasteiger partial charge in [0.15, 0.2) is 0 Å². The molecule has 0 N–H and O–H groups in total. The van der Waals surface area contributed by atoms with Crippen LogP contribution in [-0.4, -0.2) is 0 Å².